The van der Waals surface area contributed by atoms with Crippen LogP contribution in [0.2, 0.25) is 0 Å². The Kier molecular flexibility index (Phi) is 5.40. The van der Waals surface area contributed by atoms with E-state index in [2.05, 4.69) is 19.9 Å². The van der Waals surface area contributed by atoms with E-state index in [1.807, 2.05) is 24.4 Å². The molecule has 0 bridgehead atoms. The van der Waals surface area contributed by atoms with Gasteiger partial charge in [-0.2, -0.15) is 0 Å². The number of fused-ring (bicyclic) bond motifs is 1. The number of nitrogens with zero attached hydrogens (tertiary/aromatic N) is 4. The molecule has 1 fully saturated rings. The fourth-order valence-corrected chi connectivity index (χ4v) is 4.23. The van der Waals surface area contributed by atoms with Gasteiger partial charge >= 0.3 is 6.03 Å². The molecule has 1 unspecified atom stereocenters. The van der Waals surface area contributed by atoms with Gasteiger partial charge in [0.2, 0.25) is 0 Å². The number of amides is 2. The first-order chi connectivity index (χ1) is 12.8. The maximum atomic E-state index is 12.8. The molecule has 0 aliphatic carbocycles. The van der Waals surface area contributed by atoms with Crippen LogP contribution in [0.5, 0.6) is 0 Å². The van der Waals surface area contributed by atoms with Crippen molar-refractivity contribution in [2.75, 3.05) is 18.9 Å². The number of urea groups is 1. The normalized spacial score (nSPS) is 18.7. The summed E-state index contributed by atoms with van der Waals surface area (Å²) in [7, 11) is 0. The van der Waals surface area contributed by atoms with Crippen molar-refractivity contribution in [2.45, 2.75) is 43.7 Å². The molecule has 0 spiro atoms. The molecular weight excluding hydrogens is 350 g/mol. The summed E-state index contributed by atoms with van der Waals surface area (Å²) >= 11 is 1.76. The first kappa shape index (κ1) is 17.4. The lowest BCUT2D eigenvalue weighted by Gasteiger charge is -2.25. The zero-order chi connectivity index (χ0) is 17.8. The van der Waals surface area contributed by atoms with Crippen molar-refractivity contribution in [3.63, 3.8) is 0 Å². The average molecular weight is 373 g/mol. The summed E-state index contributed by atoms with van der Waals surface area (Å²) in [6.07, 6.45) is 5.94. The number of hydrogen-bond acceptors (Lipinski definition) is 5. The lowest BCUT2D eigenvalue weighted by Crippen LogP contribution is -2.43. The van der Waals surface area contributed by atoms with E-state index in [0.717, 1.165) is 48.3 Å². The third-order valence-corrected chi connectivity index (χ3v) is 5.56. The van der Waals surface area contributed by atoms with E-state index < -0.39 is 0 Å². The van der Waals surface area contributed by atoms with Gasteiger partial charge in [-0.05, 0) is 25.0 Å². The van der Waals surface area contributed by atoms with E-state index in [1.165, 1.54) is 0 Å². The van der Waals surface area contributed by atoms with Gasteiger partial charge in [-0.15, -0.1) is 0 Å². The van der Waals surface area contributed by atoms with Crippen molar-refractivity contribution in [3.05, 3.63) is 42.0 Å². The zero-order valence-corrected chi connectivity index (χ0v) is 15.5. The molecule has 2 aromatic rings. The van der Waals surface area contributed by atoms with Crippen LogP contribution in [0.15, 0.2) is 35.7 Å². The Bertz CT molecular complexity index is 724. The lowest BCUT2D eigenvalue weighted by atomic mass is 10.2. The van der Waals surface area contributed by atoms with Crippen molar-refractivity contribution >= 4 is 17.8 Å². The molecule has 26 heavy (non-hydrogen) atoms. The van der Waals surface area contributed by atoms with Crippen LogP contribution in [0.1, 0.15) is 24.2 Å². The van der Waals surface area contributed by atoms with Crippen molar-refractivity contribution in [1.82, 2.24) is 24.8 Å². The van der Waals surface area contributed by atoms with Crippen LogP contribution in [-0.2, 0) is 24.4 Å². The van der Waals surface area contributed by atoms with Crippen LogP contribution in [-0.4, -0.2) is 50.5 Å². The first-order valence-corrected chi connectivity index (χ1v) is 9.99. The predicted molar refractivity (Wildman–Crippen MR) is 98.8 cm³/mol. The molecule has 4 heterocycles. The van der Waals surface area contributed by atoms with Gasteiger partial charge in [0, 0.05) is 37.8 Å². The van der Waals surface area contributed by atoms with E-state index in [-0.39, 0.29) is 12.1 Å². The van der Waals surface area contributed by atoms with Crippen molar-refractivity contribution in [3.8, 4) is 0 Å². The SMILES string of the molecule is O=C(NCc1cn2c(n1)SCC2)N(Cc1ccccn1)CC1CCCO1. The summed E-state index contributed by atoms with van der Waals surface area (Å²) in [4.78, 5) is 23.5. The maximum absolute atomic E-state index is 12.8. The van der Waals surface area contributed by atoms with E-state index in [9.17, 15) is 4.79 Å². The van der Waals surface area contributed by atoms with Gasteiger partial charge in [0.15, 0.2) is 5.16 Å². The van der Waals surface area contributed by atoms with Gasteiger partial charge in [0.05, 0.1) is 30.6 Å². The van der Waals surface area contributed by atoms with Gasteiger partial charge in [-0.1, -0.05) is 17.8 Å². The molecule has 2 aromatic heterocycles. The van der Waals surface area contributed by atoms with Gasteiger partial charge < -0.3 is 19.5 Å². The van der Waals surface area contributed by atoms with E-state index in [1.54, 1.807) is 22.9 Å². The number of thioether (sulfide) groups is 1. The maximum Gasteiger partial charge on any atom is 0.318 e. The number of carbonyl (C=O) groups excluding carboxylic acids is 1. The Hall–Kier alpha value is -2.06. The fraction of sp³-hybridized carbons (Fsp3) is 0.500. The molecule has 2 aliphatic heterocycles. The number of imidazole rings is 1. The standard InChI is InChI=1S/C18H23N5O2S/c24-17(20-10-15-12-22-7-9-26-18(22)21-15)23(13-16-5-3-8-25-16)11-14-4-1-2-6-19-14/h1-2,4,6,12,16H,3,5,7-11,13H2,(H,20,24). The highest BCUT2D eigenvalue weighted by Crippen LogP contribution is 2.24. The number of aromatic nitrogens is 3. The third kappa shape index (κ3) is 4.19. The topological polar surface area (TPSA) is 72.3 Å². The summed E-state index contributed by atoms with van der Waals surface area (Å²) in [5, 5.41) is 4.04. The summed E-state index contributed by atoms with van der Waals surface area (Å²) in [6, 6.07) is 5.65. The Morgan fingerprint density at radius 2 is 2.38 bits per heavy atom. The molecule has 1 atom stereocenters. The number of hydrogen-bond donors (Lipinski definition) is 1. The molecule has 0 saturated carbocycles. The number of ether oxygens (including phenoxy) is 1. The minimum Gasteiger partial charge on any atom is -0.376 e. The quantitative estimate of drug-likeness (QED) is 0.841. The van der Waals surface area contributed by atoms with Crippen LogP contribution in [0, 0.1) is 0 Å². The second-order valence-electron chi connectivity index (χ2n) is 6.55. The van der Waals surface area contributed by atoms with Gasteiger partial charge in [-0.3, -0.25) is 4.98 Å². The minimum atomic E-state index is -0.105. The minimum absolute atomic E-state index is 0.105. The fourth-order valence-electron chi connectivity index (χ4n) is 3.27. The molecule has 2 amide bonds. The molecule has 7 nitrogen and oxygen atoms in total. The number of nitrogens with one attached hydrogen (secondary N) is 1. The second kappa shape index (κ2) is 8.09. The lowest BCUT2D eigenvalue weighted by molar-refractivity contribution is 0.0791. The van der Waals surface area contributed by atoms with Crippen molar-refractivity contribution in [1.29, 1.82) is 0 Å². The summed E-state index contributed by atoms with van der Waals surface area (Å²) in [5.74, 6) is 1.08. The Balaban J connectivity index is 1.38. The van der Waals surface area contributed by atoms with Crippen molar-refractivity contribution < 1.29 is 9.53 Å². The van der Waals surface area contributed by atoms with Gasteiger partial charge in [0.25, 0.3) is 0 Å². The Morgan fingerprint density at radius 1 is 1.42 bits per heavy atom. The summed E-state index contributed by atoms with van der Waals surface area (Å²) < 4.78 is 7.86. The second-order valence-corrected chi connectivity index (χ2v) is 7.61. The monoisotopic (exact) mass is 373 g/mol. The molecule has 0 aromatic carbocycles. The van der Waals surface area contributed by atoms with Crippen LogP contribution in [0.3, 0.4) is 0 Å². The molecule has 8 heteroatoms. The Morgan fingerprint density at radius 3 is 3.15 bits per heavy atom. The molecule has 4 rings (SSSR count). The molecule has 2 aliphatic rings. The first-order valence-electron chi connectivity index (χ1n) is 9.01. The molecule has 1 saturated heterocycles. The van der Waals surface area contributed by atoms with Gasteiger partial charge in [-0.25, -0.2) is 9.78 Å². The number of pyridine rings is 1. The molecular formula is C18H23N5O2S. The van der Waals surface area contributed by atoms with E-state index >= 15 is 0 Å². The summed E-state index contributed by atoms with van der Waals surface area (Å²) in [6.45, 7) is 3.26. The molecule has 138 valence electrons. The highest BCUT2D eigenvalue weighted by molar-refractivity contribution is 7.99. The highest BCUT2D eigenvalue weighted by Gasteiger charge is 2.23. The third-order valence-electron chi connectivity index (χ3n) is 4.59. The van der Waals surface area contributed by atoms with Gasteiger partial charge in [0.1, 0.15) is 0 Å². The summed E-state index contributed by atoms with van der Waals surface area (Å²) in [5.41, 5.74) is 1.77. The smallest absolute Gasteiger partial charge is 0.318 e. The largest absolute Gasteiger partial charge is 0.376 e. The van der Waals surface area contributed by atoms with E-state index in [0.29, 0.717) is 19.6 Å². The number of carbonyl (C=O) groups is 1. The number of aryl methyl sites for hydroxylation is 1. The van der Waals surface area contributed by atoms with Crippen LogP contribution < -0.4 is 5.32 Å². The van der Waals surface area contributed by atoms with E-state index in [4.69, 9.17) is 4.74 Å². The van der Waals surface area contributed by atoms with Crippen LogP contribution >= 0.6 is 11.8 Å². The van der Waals surface area contributed by atoms with Crippen LogP contribution in [0.4, 0.5) is 4.79 Å². The van der Waals surface area contributed by atoms with Crippen LogP contribution in [0.25, 0.3) is 0 Å². The molecule has 0 radical (unpaired) electrons. The number of rotatable bonds is 6. The Labute approximate surface area is 157 Å². The zero-order valence-electron chi connectivity index (χ0n) is 14.6. The molecule has 1 N–H and O–H groups in total. The average Bonchev–Trinajstić information content (AvgIpc) is 3.37. The predicted octanol–water partition coefficient (Wildman–Crippen LogP) is 2.27. The highest BCUT2D eigenvalue weighted by atomic mass is 32.2. The van der Waals surface area contributed by atoms with Crippen molar-refractivity contribution in [2.24, 2.45) is 0 Å².